The van der Waals surface area contributed by atoms with Gasteiger partial charge in [-0.2, -0.15) is 0 Å². The Morgan fingerprint density at radius 2 is 1.89 bits per heavy atom. The van der Waals surface area contributed by atoms with Crippen LogP contribution >= 0.6 is 0 Å². The molecular weight excluding hydrogens is 240 g/mol. The number of likely N-dealkylation sites (N-methyl/N-ethyl adjacent to an activating group) is 1. The predicted octanol–water partition coefficient (Wildman–Crippen LogP) is 2.04. The maximum Gasteiger partial charge on any atom is 0.324 e. The van der Waals surface area contributed by atoms with Gasteiger partial charge in [-0.05, 0) is 25.3 Å². The Morgan fingerprint density at radius 1 is 1.26 bits per heavy atom. The maximum atomic E-state index is 11.8. The second kappa shape index (κ2) is 8.54. The lowest BCUT2D eigenvalue weighted by Gasteiger charge is -2.28. The summed E-state index contributed by atoms with van der Waals surface area (Å²) in [5, 5.41) is 3.40. The molecule has 19 heavy (non-hydrogen) atoms. The fourth-order valence-corrected chi connectivity index (χ4v) is 2.38. The van der Waals surface area contributed by atoms with Crippen molar-refractivity contribution in [2.24, 2.45) is 5.92 Å². The number of hydrogen-bond donors (Lipinski definition) is 1. The third-order valence-corrected chi connectivity index (χ3v) is 4.06. The molecule has 1 aliphatic carbocycles. The Kier molecular flexibility index (Phi) is 7.39. The van der Waals surface area contributed by atoms with Crippen molar-refractivity contribution in [2.75, 3.05) is 26.7 Å². The molecule has 0 saturated heterocycles. The van der Waals surface area contributed by atoms with Crippen LogP contribution in [0, 0.1) is 5.92 Å². The molecule has 0 spiro atoms. The summed E-state index contributed by atoms with van der Waals surface area (Å²) in [5.41, 5.74) is 0. The van der Waals surface area contributed by atoms with E-state index in [0.717, 1.165) is 25.6 Å². The minimum absolute atomic E-state index is 0.130. The first-order valence-electron chi connectivity index (χ1n) is 7.70. The fraction of sp³-hybridized carbons (Fsp3) is 0.933. The highest BCUT2D eigenvalue weighted by atomic mass is 16.5. The van der Waals surface area contributed by atoms with Crippen molar-refractivity contribution < 1.29 is 9.53 Å². The van der Waals surface area contributed by atoms with E-state index in [1.807, 2.05) is 0 Å². The summed E-state index contributed by atoms with van der Waals surface area (Å²) in [6.07, 6.45) is 4.77. The van der Waals surface area contributed by atoms with Gasteiger partial charge in [-0.15, -0.1) is 0 Å². The molecule has 112 valence electrons. The number of carbonyl (C=O) groups excluding carboxylic acids is 1. The Morgan fingerprint density at radius 3 is 2.32 bits per heavy atom. The highest BCUT2D eigenvalue weighted by molar-refractivity contribution is 5.76. The molecule has 0 aromatic rings. The lowest BCUT2D eigenvalue weighted by molar-refractivity contribution is -0.143. The first-order valence-corrected chi connectivity index (χ1v) is 7.70. The maximum absolute atomic E-state index is 11.8. The van der Waals surface area contributed by atoms with E-state index in [1.54, 1.807) is 0 Å². The molecule has 1 aliphatic rings. The number of nitrogens with zero attached hydrogens (tertiary/aromatic N) is 1. The summed E-state index contributed by atoms with van der Waals surface area (Å²) >= 11 is 0. The molecule has 0 heterocycles. The third kappa shape index (κ3) is 5.91. The van der Waals surface area contributed by atoms with Gasteiger partial charge in [-0.1, -0.05) is 33.6 Å². The van der Waals surface area contributed by atoms with E-state index in [-0.39, 0.29) is 12.0 Å². The average Bonchev–Trinajstić information content (AvgIpc) is 3.25. The van der Waals surface area contributed by atoms with E-state index in [2.05, 4.69) is 31.0 Å². The van der Waals surface area contributed by atoms with Gasteiger partial charge >= 0.3 is 5.97 Å². The predicted molar refractivity (Wildman–Crippen MR) is 78.1 cm³/mol. The Balaban J connectivity index is 2.49. The first kappa shape index (κ1) is 16.4. The molecule has 1 N–H and O–H groups in total. The van der Waals surface area contributed by atoms with E-state index >= 15 is 0 Å². The smallest absolute Gasteiger partial charge is 0.324 e. The average molecular weight is 270 g/mol. The van der Waals surface area contributed by atoms with E-state index in [9.17, 15) is 4.79 Å². The number of methoxy groups -OCH3 is 1. The number of carbonyl (C=O) groups is 1. The zero-order chi connectivity index (χ0) is 14.3. The van der Waals surface area contributed by atoms with Crippen LogP contribution in [0.25, 0.3) is 0 Å². The van der Waals surface area contributed by atoms with Crippen molar-refractivity contribution >= 4 is 5.97 Å². The molecule has 0 amide bonds. The van der Waals surface area contributed by atoms with Crippen LogP contribution < -0.4 is 5.32 Å². The van der Waals surface area contributed by atoms with Gasteiger partial charge in [0.2, 0.25) is 0 Å². The molecule has 0 aliphatic heterocycles. The van der Waals surface area contributed by atoms with E-state index in [4.69, 9.17) is 4.74 Å². The Hall–Kier alpha value is -0.610. The van der Waals surface area contributed by atoms with Crippen LogP contribution in [0.3, 0.4) is 0 Å². The number of nitrogens with one attached hydrogen (secondary N) is 1. The second-order valence-corrected chi connectivity index (χ2v) is 5.55. The first-order chi connectivity index (χ1) is 9.14. The van der Waals surface area contributed by atoms with Crippen LogP contribution in [-0.2, 0) is 9.53 Å². The van der Waals surface area contributed by atoms with Gasteiger partial charge in [-0.3, -0.25) is 4.79 Å². The van der Waals surface area contributed by atoms with Gasteiger partial charge in [0, 0.05) is 19.1 Å². The number of rotatable bonds is 10. The van der Waals surface area contributed by atoms with Crippen molar-refractivity contribution in [1.82, 2.24) is 10.2 Å². The summed E-state index contributed by atoms with van der Waals surface area (Å²) in [6.45, 7) is 9.45. The topological polar surface area (TPSA) is 41.6 Å². The highest BCUT2D eigenvalue weighted by Crippen LogP contribution is 2.20. The van der Waals surface area contributed by atoms with Gasteiger partial charge < -0.3 is 15.0 Å². The number of hydrogen-bond acceptors (Lipinski definition) is 4. The van der Waals surface area contributed by atoms with Crippen molar-refractivity contribution in [2.45, 2.75) is 58.5 Å². The number of ether oxygens (including phenoxy) is 1. The van der Waals surface area contributed by atoms with Crippen LogP contribution in [0.4, 0.5) is 0 Å². The van der Waals surface area contributed by atoms with Gasteiger partial charge in [-0.25, -0.2) is 0 Å². The fourth-order valence-electron chi connectivity index (χ4n) is 2.38. The Labute approximate surface area is 117 Å². The van der Waals surface area contributed by atoms with Crippen LogP contribution in [0.1, 0.15) is 46.5 Å². The minimum atomic E-state index is -0.174. The summed E-state index contributed by atoms with van der Waals surface area (Å²) < 4.78 is 4.92. The standard InChI is InChI=1S/C15H30N2O2/c1-5-12(6-2)10-17(7-3)11-14(15(18)19-4)16-13-8-9-13/h12-14,16H,5-11H2,1-4H3. The molecule has 4 nitrogen and oxygen atoms in total. The van der Waals surface area contributed by atoms with Crippen LogP contribution in [-0.4, -0.2) is 49.7 Å². The molecule has 0 bridgehead atoms. The summed E-state index contributed by atoms with van der Waals surface area (Å²) in [4.78, 5) is 14.2. The normalized spacial score (nSPS) is 16.9. The van der Waals surface area contributed by atoms with Gasteiger partial charge in [0.15, 0.2) is 0 Å². The van der Waals surface area contributed by atoms with Gasteiger partial charge in [0.1, 0.15) is 6.04 Å². The van der Waals surface area contributed by atoms with Crippen molar-refractivity contribution in [3.05, 3.63) is 0 Å². The lowest BCUT2D eigenvalue weighted by atomic mass is 10.0. The highest BCUT2D eigenvalue weighted by Gasteiger charge is 2.30. The van der Waals surface area contributed by atoms with Gasteiger partial charge in [0.05, 0.1) is 7.11 Å². The van der Waals surface area contributed by atoms with Crippen molar-refractivity contribution in [3.8, 4) is 0 Å². The molecule has 0 radical (unpaired) electrons. The largest absolute Gasteiger partial charge is 0.468 e. The van der Waals surface area contributed by atoms with E-state index < -0.39 is 0 Å². The minimum Gasteiger partial charge on any atom is -0.468 e. The molecule has 0 aromatic heterocycles. The monoisotopic (exact) mass is 270 g/mol. The molecule has 1 unspecified atom stereocenters. The zero-order valence-electron chi connectivity index (χ0n) is 12.9. The van der Waals surface area contributed by atoms with Crippen molar-refractivity contribution in [1.29, 1.82) is 0 Å². The Bertz CT molecular complexity index is 263. The molecule has 1 saturated carbocycles. The van der Waals surface area contributed by atoms with Crippen LogP contribution in [0.2, 0.25) is 0 Å². The lowest BCUT2D eigenvalue weighted by Crippen LogP contribution is -2.48. The van der Waals surface area contributed by atoms with Gasteiger partial charge in [0.25, 0.3) is 0 Å². The quantitative estimate of drug-likeness (QED) is 0.617. The molecule has 1 fully saturated rings. The summed E-state index contributed by atoms with van der Waals surface area (Å²) in [7, 11) is 1.47. The second-order valence-electron chi connectivity index (χ2n) is 5.55. The molecule has 0 aromatic carbocycles. The van der Waals surface area contributed by atoms with E-state index in [0.29, 0.717) is 6.04 Å². The molecule has 1 rings (SSSR count). The SMILES string of the molecule is CCC(CC)CN(CC)CC(NC1CC1)C(=O)OC. The van der Waals surface area contributed by atoms with Crippen LogP contribution in [0.5, 0.6) is 0 Å². The van der Waals surface area contributed by atoms with Crippen LogP contribution in [0.15, 0.2) is 0 Å². The van der Waals surface area contributed by atoms with E-state index in [1.165, 1.54) is 32.8 Å². The number of esters is 1. The third-order valence-electron chi connectivity index (χ3n) is 4.06. The zero-order valence-corrected chi connectivity index (χ0v) is 12.9. The summed E-state index contributed by atoms with van der Waals surface area (Å²) in [6, 6.07) is 0.350. The summed E-state index contributed by atoms with van der Waals surface area (Å²) in [5.74, 6) is 0.592. The molecular formula is C15H30N2O2. The van der Waals surface area contributed by atoms with Crippen molar-refractivity contribution in [3.63, 3.8) is 0 Å². The molecule has 4 heteroatoms. The molecule has 1 atom stereocenters.